The highest BCUT2D eigenvalue weighted by molar-refractivity contribution is 7.16. The van der Waals surface area contributed by atoms with E-state index in [4.69, 9.17) is 0 Å². The maximum Gasteiger partial charge on any atom is 0.416 e. The van der Waals surface area contributed by atoms with Crippen LogP contribution in [0.15, 0.2) is 42.6 Å². The van der Waals surface area contributed by atoms with Gasteiger partial charge >= 0.3 is 6.18 Å². The molecule has 0 aliphatic heterocycles. The van der Waals surface area contributed by atoms with Crippen molar-refractivity contribution in [2.75, 3.05) is 5.32 Å². The molecule has 0 bridgehead atoms. The number of aryl methyl sites for hydroxylation is 1. The lowest BCUT2D eigenvalue weighted by atomic mass is 10.2. The lowest BCUT2D eigenvalue weighted by molar-refractivity contribution is -0.137. The van der Waals surface area contributed by atoms with Gasteiger partial charge in [0.25, 0.3) is 0 Å². The Labute approximate surface area is 146 Å². The van der Waals surface area contributed by atoms with E-state index in [2.05, 4.69) is 15.3 Å². The number of anilines is 2. The standard InChI is InChI=1S/C17H14F3N3OS/c1-10-5-6-11(8-21-10)15-14(9-24)25-16(23-15)22-13-4-2-3-12(7-13)17(18,19)20/h2-8,24H,9H2,1H3,(H,22,23). The Morgan fingerprint density at radius 3 is 2.64 bits per heavy atom. The van der Waals surface area contributed by atoms with Crippen LogP contribution in [0.25, 0.3) is 11.3 Å². The molecule has 25 heavy (non-hydrogen) atoms. The number of hydrogen-bond acceptors (Lipinski definition) is 5. The lowest BCUT2D eigenvalue weighted by Crippen LogP contribution is -2.05. The highest BCUT2D eigenvalue weighted by Crippen LogP contribution is 2.34. The molecular formula is C17H14F3N3OS. The van der Waals surface area contributed by atoms with Crippen LogP contribution in [0, 0.1) is 6.92 Å². The summed E-state index contributed by atoms with van der Waals surface area (Å²) in [6, 6.07) is 8.56. The van der Waals surface area contributed by atoms with E-state index < -0.39 is 11.7 Å². The van der Waals surface area contributed by atoms with Crippen LogP contribution in [0.1, 0.15) is 16.1 Å². The Balaban J connectivity index is 1.90. The molecule has 8 heteroatoms. The Hall–Kier alpha value is -2.45. The molecule has 2 N–H and O–H groups in total. The first-order valence-electron chi connectivity index (χ1n) is 7.34. The predicted octanol–water partition coefficient (Wildman–Crippen LogP) is 4.77. The van der Waals surface area contributed by atoms with Gasteiger partial charge in [-0.3, -0.25) is 4.98 Å². The Morgan fingerprint density at radius 1 is 1.20 bits per heavy atom. The molecule has 0 aliphatic carbocycles. The summed E-state index contributed by atoms with van der Waals surface area (Å²) in [7, 11) is 0. The third-order valence-electron chi connectivity index (χ3n) is 3.47. The number of pyridine rings is 1. The second-order valence-corrected chi connectivity index (χ2v) is 6.42. The number of hydrogen-bond donors (Lipinski definition) is 2. The Morgan fingerprint density at radius 2 is 2.00 bits per heavy atom. The van der Waals surface area contributed by atoms with Crippen LogP contribution in [0.2, 0.25) is 0 Å². The molecule has 3 rings (SSSR count). The summed E-state index contributed by atoms with van der Waals surface area (Å²) in [5.41, 5.74) is 1.70. The van der Waals surface area contributed by atoms with E-state index in [9.17, 15) is 18.3 Å². The topological polar surface area (TPSA) is 58.0 Å². The molecule has 0 aliphatic rings. The Bertz CT molecular complexity index is 876. The second-order valence-electron chi connectivity index (χ2n) is 5.34. The third-order valence-corrected chi connectivity index (χ3v) is 4.42. The van der Waals surface area contributed by atoms with Crippen LogP contribution in [0.5, 0.6) is 0 Å². The first kappa shape index (κ1) is 17.4. The summed E-state index contributed by atoms with van der Waals surface area (Å²) < 4.78 is 38.4. The van der Waals surface area contributed by atoms with E-state index in [-0.39, 0.29) is 12.3 Å². The lowest BCUT2D eigenvalue weighted by Gasteiger charge is -2.08. The number of alkyl halides is 3. The van der Waals surface area contributed by atoms with Gasteiger partial charge in [-0.25, -0.2) is 4.98 Å². The molecule has 1 aromatic carbocycles. The van der Waals surface area contributed by atoms with E-state index in [0.717, 1.165) is 23.4 Å². The largest absolute Gasteiger partial charge is 0.416 e. The predicted molar refractivity (Wildman–Crippen MR) is 90.7 cm³/mol. The van der Waals surface area contributed by atoms with Gasteiger partial charge in [0.05, 0.1) is 22.7 Å². The van der Waals surface area contributed by atoms with Crippen LogP contribution >= 0.6 is 11.3 Å². The molecule has 130 valence electrons. The van der Waals surface area contributed by atoms with E-state index >= 15 is 0 Å². The Kier molecular flexibility index (Phi) is 4.73. The molecule has 2 heterocycles. The van der Waals surface area contributed by atoms with E-state index in [1.807, 2.05) is 19.1 Å². The number of aromatic nitrogens is 2. The summed E-state index contributed by atoms with van der Waals surface area (Å²) in [5, 5.41) is 12.8. The van der Waals surface area contributed by atoms with Crippen molar-refractivity contribution in [3.63, 3.8) is 0 Å². The molecule has 0 unspecified atom stereocenters. The van der Waals surface area contributed by atoms with Crippen LogP contribution in [-0.2, 0) is 12.8 Å². The third kappa shape index (κ3) is 3.97. The van der Waals surface area contributed by atoms with Crippen molar-refractivity contribution in [1.29, 1.82) is 0 Å². The SMILES string of the molecule is Cc1ccc(-c2nc(Nc3cccc(C(F)(F)F)c3)sc2CO)cn1. The van der Waals surface area contributed by atoms with Crippen LogP contribution in [0.4, 0.5) is 24.0 Å². The fraction of sp³-hybridized carbons (Fsp3) is 0.176. The van der Waals surface area contributed by atoms with E-state index in [1.54, 1.807) is 6.20 Å². The normalized spacial score (nSPS) is 11.6. The first-order chi connectivity index (χ1) is 11.9. The van der Waals surface area contributed by atoms with Gasteiger partial charge in [0.2, 0.25) is 0 Å². The van der Waals surface area contributed by atoms with E-state index in [1.165, 1.54) is 23.5 Å². The zero-order valence-corrected chi connectivity index (χ0v) is 13.9. The molecule has 2 aromatic heterocycles. The molecule has 0 saturated heterocycles. The van der Waals surface area contributed by atoms with Gasteiger partial charge in [0.1, 0.15) is 0 Å². The summed E-state index contributed by atoms with van der Waals surface area (Å²) in [4.78, 5) is 9.21. The number of nitrogens with one attached hydrogen (secondary N) is 1. The molecule has 0 radical (unpaired) electrons. The molecule has 0 atom stereocenters. The van der Waals surface area contributed by atoms with Gasteiger partial charge < -0.3 is 10.4 Å². The van der Waals surface area contributed by atoms with Crippen molar-refractivity contribution in [3.8, 4) is 11.3 Å². The van der Waals surface area contributed by atoms with Crippen molar-refractivity contribution < 1.29 is 18.3 Å². The zero-order chi connectivity index (χ0) is 18.0. The van der Waals surface area contributed by atoms with E-state index in [0.29, 0.717) is 15.7 Å². The molecular weight excluding hydrogens is 351 g/mol. The summed E-state index contributed by atoms with van der Waals surface area (Å²) >= 11 is 1.19. The zero-order valence-electron chi connectivity index (χ0n) is 13.1. The van der Waals surface area contributed by atoms with Crippen LogP contribution in [-0.4, -0.2) is 15.1 Å². The van der Waals surface area contributed by atoms with Crippen LogP contribution < -0.4 is 5.32 Å². The minimum atomic E-state index is -4.41. The van der Waals surface area contributed by atoms with Gasteiger partial charge in [0, 0.05) is 23.1 Å². The average molecular weight is 365 g/mol. The smallest absolute Gasteiger partial charge is 0.391 e. The molecule has 0 saturated carbocycles. The number of rotatable bonds is 4. The van der Waals surface area contributed by atoms with Crippen molar-refractivity contribution in [3.05, 3.63) is 58.7 Å². The number of aliphatic hydroxyl groups excluding tert-OH is 1. The highest BCUT2D eigenvalue weighted by atomic mass is 32.1. The number of nitrogens with zero attached hydrogens (tertiary/aromatic N) is 2. The minimum absolute atomic E-state index is 0.217. The molecule has 0 amide bonds. The summed E-state index contributed by atoms with van der Waals surface area (Å²) in [6.45, 7) is 1.64. The second kappa shape index (κ2) is 6.81. The molecule has 0 fully saturated rings. The number of aliphatic hydroxyl groups is 1. The average Bonchev–Trinajstić information content (AvgIpc) is 2.98. The van der Waals surface area contributed by atoms with Crippen molar-refractivity contribution >= 4 is 22.2 Å². The molecule has 0 spiro atoms. The summed E-state index contributed by atoms with van der Waals surface area (Å²) in [5.74, 6) is 0. The summed E-state index contributed by atoms with van der Waals surface area (Å²) in [6.07, 6.45) is -2.76. The van der Waals surface area contributed by atoms with Gasteiger partial charge in [0.15, 0.2) is 5.13 Å². The van der Waals surface area contributed by atoms with Crippen molar-refractivity contribution in [1.82, 2.24) is 9.97 Å². The number of benzene rings is 1. The van der Waals surface area contributed by atoms with Crippen molar-refractivity contribution in [2.45, 2.75) is 19.7 Å². The first-order valence-corrected chi connectivity index (χ1v) is 8.16. The maximum atomic E-state index is 12.8. The molecule has 4 nitrogen and oxygen atoms in total. The highest BCUT2D eigenvalue weighted by Gasteiger charge is 2.30. The molecule has 3 aromatic rings. The van der Waals surface area contributed by atoms with Gasteiger partial charge in [-0.1, -0.05) is 17.4 Å². The maximum absolute atomic E-state index is 12.8. The number of thiazole rings is 1. The minimum Gasteiger partial charge on any atom is -0.391 e. The quantitative estimate of drug-likeness (QED) is 0.699. The van der Waals surface area contributed by atoms with Crippen molar-refractivity contribution in [2.24, 2.45) is 0 Å². The van der Waals surface area contributed by atoms with Gasteiger partial charge in [-0.2, -0.15) is 13.2 Å². The number of halogens is 3. The van der Waals surface area contributed by atoms with Gasteiger partial charge in [-0.05, 0) is 37.3 Å². The van der Waals surface area contributed by atoms with Gasteiger partial charge in [-0.15, -0.1) is 0 Å². The fourth-order valence-corrected chi connectivity index (χ4v) is 3.11. The fourth-order valence-electron chi connectivity index (χ4n) is 2.24. The monoisotopic (exact) mass is 365 g/mol. The van der Waals surface area contributed by atoms with Crippen LogP contribution in [0.3, 0.4) is 0 Å².